The third-order valence-corrected chi connectivity index (χ3v) is 6.76. The summed E-state index contributed by atoms with van der Waals surface area (Å²) in [7, 11) is 0. The lowest BCUT2D eigenvalue weighted by Gasteiger charge is -2.29. The topological polar surface area (TPSA) is 51.8 Å². The largest absolute Gasteiger partial charge is 0.492 e. The number of hydrogen-bond donors (Lipinski definition) is 2. The molecule has 41 heavy (non-hydrogen) atoms. The van der Waals surface area contributed by atoms with Crippen molar-refractivity contribution in [1.29, 1.82) is 0 Å². The Bertz CT molecular complexity index is 1060. The summed E-state index contributed by atoms with van der Waals surface area (Å²) in [5.41, 5.74) is 1.48. The fourth-order valence-electron chi connectivity index (χ4n) is 4.12. The van der Waals surface area contributed by atoms with Crippen LogP contribution < -0.4 is 24.8 Å². The van der Waals surface area contributed by atoms with E-state index in [0.29, 0.717) is 19.8 Å². The highest BCUT2D eigenvalue weighted by atomic mass is 16.5. The first-order valence-corrected chi connectivity index (χ1v) is 15.3. The van der Waals surface area contributed by atoms with Crippen molar-refractivity contribution in [2.24, 2.45) is 10.8 Å². The van der Waals surface area contributed by atoms with Gasteiger partial charge in [0.25, 0.3) is 0 Å². The van der Waals surface area contributed by atoms with Crippen molar-refractivity contribution in [1.82, 2.24) is 10.6 Å². The van der Waals surface area contributed by atoms with Crippen molar-refractivity contribution in [2.75, 3.05) is 32.9 Å². The van der Waals surface area contributed by atoms with Gasteiger partial charge in [0.05, 0.1) is 13.2 Å². The summed E-state index contributed by atoms with van der Waals surface area (Å²) in [6.07, 6.45) is 7.60. The van der Waals surface area contributed by atoms with Crippen LogP contribution in [-0.4, -0.2) is 44.0 Å². The van der Waals surface area contributed by atoms with Crippen molar-refractivity contribution in [3.8, 4) is 17.2 Å². The summed E-state index contributed by atoms with van der Waals surface area (Å²) in [6, 6.07) is 16.3. The van der Waals surface area contributed by atoms with Gasteiger partial charge in [-0.15, -0.1) is 0 Å². The summed E-state index contributed by atoms with van der Waals surface area (Å²) >= 11 is 0. The van der Waals surface area contributed by atoms with E-state index >= 15 is 0 Å². The zero-order chi connectivity index (χ0) is 30.6. The number of para-hydroxylation sites is 2. The van der Waals surface area contributed by atoms with Gasteiger partial charge in [-0.05, 0) is 108 Å². The van der Waals surface area contributed by atoms with Gasteiger partial charge in [0, 0.05) is 17.6 Å². The Morgan fingerprint density at radius 3 is 1.95 bits per heavy atom. The van der Waals surface area contributed by atoms with Crippen LogP contribution in [0.15, 0.2) is 54.6 Å². The van der Waals surface area contributed by atoms with Crippen LogP contribution in [0.5, 0.6) is 17.2 Å². The van der Waals surface area contributed by atoms with Crippen molar-refractivity contribution >= 4 is 6.08 Å². The highest BCUT2D eigenvalue weighted by molar-refractivity contribution is 5.52. The molecule has 0 aliphatic heterocycles. The molecule has 0 spiro atoms. The molecule has 0 fully saturated rings. The second kappa shape index (κ2) is 15.7. The van der Waals surface area contributed by atoms with E-state index in [2.05, 4.69) is 110 Å². The Hall–Kier alpha value is -2.50. The summed E-state index contributed by atoms with van der Waals surface area (Å²) in [5, 5.41) is 6.96. The molecule has 2 N–H and O–H groups in total. The smallest absolute Gasteiger partial charge is 0.161 e. The van der Waals surface area contributed by atoms with Gasteiger partial charge in [-0.25, -0.2) is 0 Å². The summed E-state index contributed by atoms with van der Waals surface area (Å²) in [6.45, 7) is 25.9. The predicted octanol–water partition coefficient (Wildman–Crippen LogP) is 8.54. The molecule has 230 valence electrons. The minimum absolute atomic E-state index is 0.0314. The van der Waals surface area contributed by atoms with E-state index in [0.717, 1.165) is 55.2 Å². The van der Waals surface area contributed by atoms with Gasteiger partial charge in [-0.3, -0.25) is 0 Å². The molecule has 0 aliphatic carbocycles. The van der Waals surface area contributed by atoms with Crippen LogP contribution in [0, 0.1) is 10.8 Å². The quantitative estimate of drug-likeness (QED) is 0.188. The zero-order valence-corrected chi connectivity index (χ0v) is 27.7. The first-order chi connectivity index (χ1) is 19.0. The normalized spacial score (nSPS) is 13.0. The Balaban J connectivity index is 1.83. The third-order valence-electron chi connectivity index (χ3n) is 6.76. The van der Waals surface area contributed by atoms with Gasteiger partial charge in [-0.1, -0.05) is 64.1 Å². The van der Waals surface area contributed by atoms with Gasteiger partial charge in [0.1, 0.15) is 12.4 Å². The summed E-state index contributed by atoms with van der Waals surface area (Å²) < 4.78 is 18.3. The van der Waals surface area contributed by atoms with Gasteiger partial charge in [0.15, 0.2) is 11.5 Å². The van der Waals surface area contributed by atoms with E-state index in [1.54, 1.807) is 0 Å². The molecule has 0 aromatic heterocycles. The van der Waals surface area contributed by atoms with E-state index < -0.39 is 0 Å². The lowest BCUT2D eigenvalue weighted by molar-refractivity contribution is 0.149. The Labute approximate surface area is 251 Å². The van der Waals surface area contributed by atoms with Gasteiger partial charge in [0.2, 0.25) is 0 Å². The number of rotatable bonds is 17. The molecule has 0 bridgehead atoms. The maximum absolute atomic E-state index is 6.30. The van der Waals surface area contributed by atoms with E-state index in [1.807, 2.05) is 30.3 Å². The second-order valence-corrected chi connectivity index (χ2v) is 14.7. The van der Waals surface area contributed by atoms with Crippen molar-refractivity contribution in [3.63, 3.8) is 0 Å². The Morgan fingerprint density at radius 2 is 1.29 bits per heavy atom. The predicted molar refractivity (Wildman–Crippen MR) is 175 cm³/mol. The number of ether oxygens (including phenoxy) is 3. The zero-order valence-electron chi connectivity index (χ0n) is 27.7. The van der Waals surface area contributed by atoms with Crippen molar-refractivity contribution < 1.29 is 14.2 Å². The molecule has 0 atom stereocenters. The molecule has 0 saturated heterocycles. The maximum Gasteiger partial charge on any atom is 0.161 e. The SMILES string of the molecule is CC(C)(/C=C/c1cccc(OCCNC(C)(C)C)c1)CCC(C)(C)COc1ccccc1OCCCNC(C)(C)C. The lowest BCUT2D eigenvalue weighted by atomic mass is 9.79. The van der Waals surface area contributed by atoms with Crippen LogP contribution in [0.25, 0.3) is 6.08 Å². The van der Waals surface area contributed by atoms with E-state index in [-0.39, 0.29) is 21.9 Å². The standard InChI is InChI=1S/C36H58N2O3/c1-33(2,3)37-23-14-25-40-31-17-11-12-18-32(31)41-28-36(9,10)22-21-35(7,8)20-19-29-15-13-16-30(27-29)39-26-24-38-34(4,5)6/h11-13,15-20,27,37-38H,14,21-26,28H2,1-10H3/b20-19+. The first kappa shape index (κ1) is 34.7. The van der Waals surface area contributed by atoms with Crippen LogP contribution in [0.2, 0.25) is 0 Å². The molecular formula is C36H58N2O3. The van der Waals surface area contributed by atoms with Crippen LogP contribution in [-0.2, 0) is 0 Å². The molecule has 0 amide bonds. The number of benzene rings is 2. The molecule has 5 nitrogen and oxygen atoms in total. The van der Waals surface area contributed by atoms with Gasteiger partial charge in [-0.2, -0.15) is 0 Å². The minimum atomic E-state index is 0.0314. The van der Waals surface area contributed by atoms with Crippen molar-refractivity contribution in [3.05, 3.63) is 60.2 Å². The van der Waals surface area contributed by atoms with Gasteiger partial charge < -0.3 is 24.8 Å². The third kappa shape index (κ3) is 15.9. The molecule has 2 aromatic rings. The molecule has 2 aromatic carbocycles. The van der Waals surface area contributed by atoms with Gasteiger partial charge >= 0.3 is 0 Å². The molecule has 5 heteroatoms. The van der Waals surface area contributed by atoms with Crippen LogP contribution >= 0.6 is 0 Å². The summed E-state index contributed by atoms with van der Waals surface area (Å²) in [5.74, 6) is 2.54. The molecule has 0 saturated carbocycles. The van der Waals surface area contributed by atoms with E-state index in [1.165, 1.54) is 0 Å². The molecule has 0 radical (unpaired) electrons. The maximum atomic E-state index is 6.30. The average Bonchev–Trinajstić information content (AvgIpc) is 2.87. The molecule has 0 heterocycles. The van der Waals surface area contributed by atoms with E-state index in [4.69, 9.17) is 14.2 Å². The average molecular weight is 567 g/mol. The Morgan fingerprint density at radius 1 is 0.659 bits per heavy atom. The number of nitrogens with one attached hydrogen (secondary N) is 2. The fourth-order valence-corrected chi connectivity index (χ4v) is 4.12. The van der Waals surface area contributed by atoms with Crippen LogP contribution in [0.4, 0.5) is 0 Å². The molecule has 0 unspecified atom stereocenters. The van der Waals surface area contributed by atoms with E-state index in [9.17, 15) is 0 Å². The van der Waals surface area contributed by atoms with Crippen LogP contribution in [0.1, 0.15) is 94.1 Å². The number of hydrogen-bond acceptors (Lipinski definition) is 5. The molecule has 0 aliphatic rings. The molecule has 2 rings (SSSR count). The van der Waals surface area contributed by atoms with Crippen molar-refractivity contribution in [2.45, 2.75) is 99.6 Å². The number of allylic oxidation sites excluding steroid dienone is 1. The highest BCUT2D eigenvalue weighted by Crippen LogP contribution is 2.34. The lowest BCUT2D eigenvalue weighted by Crippen LogP contribution is -2.38. The first-order valence-electron chi connectivity index (χ1n) is 15.3. The highest BCUT2D eigenvalue weighted by Gasteiger charge is 2.24. The monoisotopic (exact) mass is 566 g/mol. The summed E-state index contributed by atoms with van der Waals surface area (Å²) in [4.78, 5) is 0. The fraction of sp³-hybridized carbons (Fsp3) is 0.611. The van der Waals surface area contributed by atoms with Crippen LogP contribution in [0.3, 0.4) is 0 Å². The molecular weight excluding hydrogens is 508 g/mol. The Kier molecular flexibility index (Phi) is 13.2. The minimum Gasteiger partial charge on any atom is -0.492 e. The second-order valence-electron chi connectivity index (χ2n) is 14.7.